The van der Waals surface area contributed by atoms with E-state index in [4.69, 9.17) is 14.6 Å². The molecule has 6 heteroatoms. The highest BCUT2D eigenvalue weighted by Crippen LogP contribution is 2.22. The molecule has 1 aromatic carbocycles. The molecule has 1 fully saturated rings. The summed E-state index contributed by atoms with van der Waals surface area (Å²) in [5.74, 6) is -0.534. The molecule has 0 bridgehead atoms. The lowest BCUT2D eigenvalue weighted by Crippen LogP contribution is -2.31. The van der Waals surface area contributed by atoms with E-state index < -0.39 is 12.1 Å². The summed E-state index contributed by atoms with van der Waals surface area (Å²) >= 11 is 0. The van der Waals surface area contributed by atoms with Gasteiger partial charge in [0.2, 0.25) is 0 Å². The Bertz CT molecular complexity index is 485. The number of hydrogen-bond donors (Lipinski definition) is 2. The molecule has 0 spiro atoms. The van der Waals surface area contributed by atoms with Crippen LogP contribution in [0.3, 0.4) is 0 Å². The Morgan fingerprint density at radius 2 is 2.10 bits per heavy atom. The minimum absolute atomic E-state index is 0.158. The zero-order chi connectivity index (χ0) is 14.5. The summed E-state index contributed by atoms with van der Waals surface area (Å²) in [6.45, 7) is 2.21. The molecule has 1 heterocycles. The van der Waals surface area contributed by atoms with Crippen LogP contribution in [0.5, 0.6) is 5.75 Å². The van der Waals surface area contributed by atoms with Gasteiger partial charge in [0, 0.05) is 12.3 Å². The van der Waals surface area contributed by atoms with Gasteiger partial charge in [-0.2, -0.15) is 0 Å². The first-order chi connectivity index (χ1) is 9.56. The van der Waals surface area contributed by atoms with Crippen molar-refractivity contribution in [1.82, 2.24) is 0 Å². The molecule has 0 aliphatic carbocycles. The van der Waals surface area contributed by atoms with Gasteiger partial charge in [-0.25, -0.2) is 4.79 Å². The number of benzene rings is 1. The van der Waals surface area contributed by atoms with E-state index in [0.29, 0.717) is 18.0 Å². The fraction of sp³-hybridized carbons (Fsp3) is 0.429. The Balaban J connectivity index is 1.90. The highest BCUT2D eigenvalue weighted by atomic mass is 16.5. The molecule has 6 nitrogen and oxygen atoms in total. The number of carboxylic acids is 1. The highest BCUT2D eigenvalue weighted by molar-refractivity contribution is 5.94. The van der Waals surface area contributed by atoms with Crippen molar-refractivity contribution in [2.24, 2.45) is 5.92 Å². The predicted molar refractivity (Wildman–Crippen MR) is 71.7 cm³/mol. The number of anilines is 1. The molecule has 108 valence electrons. The number of nitrogens with one attached hydrogen (secondary N) is 1. The number of ether oxygens (including phenoxy) is 2. The molecule has 1 amide bonds. The van der Waals surface area contributed by atoms with Crippen LogP contribution >= 0.6 is 0 Å². The second kappa shape index (κ2) is 6.38. The lowest BCUT2D eigenvalue weighted by molar-refractivity contribution is -0.139. The third kappa shape index (κ3) is 3.71. The van der Waals surface area contributed by atoms with Gasteiger partial charge in [-0.15, -0.1) is 0 Å². The molecule has 2 atom stereocenters. The number of hydrogen-bond acceptors (Lipinski definition) is 4. The van der Waals surface area contributed by atoms with Gasteiger partial charge in [-0.1, -0.05) is 6.92 Å². The van der Waals surface area contributed by atoms with Crippen LogP contribution in [0.1, 0.15) is 13.3 Å². The van der Waals surface area contributed by atoms with E-state index in [1.54, 1.807) is 24.3 Å². The van der Waals surface area contributed by atoms with Crippen molar-refractivity contribution in [3.63, 3.8) is 0 Å². The van der Waals surface area contributed by atoms with Gasteiger partial charge in [0.25, 0.3) is 5.91 Å². The first-order valence-corrected chi connectivity index (χ1v) is 6.43. The average molecular weight is 279 g/mol. The topological polar surface area (TPSA) is 84.9 Å². The fourth-order valence-electron chi connectivity index (χ4n) is 2.02. The highest BCUT2D eigenvalue weighted by Gasteiger charge is 2.30. The van der Waals surface area contributed by atoms with Gasteiger partial charge in [0.05, 0.1) is 0 Å². The summed E-state index contributed by atoms with van der Waals surface area (Å²) in [4.78, 5) is 22.3. The summed E-state index contributed by atoms with van der Waals surface area (Å²) in [5.41, 5.74) is 0.625. The van der Waals surface area contributed by atoms with Crippen LogP contribution in [0.25, 0.3) is 0 Å². The van der Waals surface area contributed by atoms with Gasteiger partial charge >= 0.3 is 5.97 Å². The Morgan fingerprint density at radius 1 is 1.40 bits per heavy atom. The smallest absolute Gasteiger partial charge is 0.341 e. The zero-order valence-corrected chi connectivity index (χ0v) is 11.2. The van der Waals surface area contributed by atoms with E-state index in [-0.39, 0.29) is 18.4 Å². The van der Waals surface area contributed by atoms with Crippen molar-refractivity contribution in [2.75, 3.05) is 18.5 Å². The standard InChI is InChI=1S/C14H17NO5/c1-9-6-7-19-13(9)14(18)15-10-2-4-11(5-3-10)20-8-12(16)17/h2-5,9,13H,6-8H2,1H3,(H,15,18)(H,16,17). The van der Waals surface area contributed by atoms with Crippen LogP contribution in [0.2, 0.25) is 0 Å². The largest absolute Gasteiger partial charge is 0.482 e. The van der Waals surface area contributed by atoms with E-state index >= 15 is 0 Å². The molecular weight excluding hydrogens is 262 g/mol. The number of rotatable bonds is 5. The third-order valence-corrected chi connectivity index (χ3v) is 3.13. The summed E-state index contributed by atoms with van der Waals surface area (Å²) in [6.07, 6.45) is 0.484. The molecule has 1 aromatic rings. The lowest BCUT2D eigenvalue weighted by atomic mass is 10.0. The van der Waals surface area contributed by atoms with Crippen molar-refractivity contribution >= 4 is 17.6 Å². The average Bonchev–Trinajstić information content (AvgIpc) is 2.84. The summed E-state index contributed by atoms with van der Waals surface area (Å²) in [5, 5.41) is 11.3. The van der Waals surface area contributed by atoms with Crippen LogP contribution in [-0.4, -0.2) is 36.3 Å². The second-order valence-electron chi connectivity index (χ2n) is 4.75. The normalized spacial score (nSPS) is 21.4. The summed E-state index contributed by atoms with van der Waals surface area (Å²) < 4.78 is 10.4. The van der Waals surface area contributed by atoms with Gasteiger partial charge in [0.15, 0.2) is 6.61 Å². The van der Waals surface area contributed by atoms with Crippen LogP contribution in [-0.2, 0) is 14.3 Å². The maximum atomic E-state index is 12.0. The van der Waals surface area contributed by atoms with Crippen LogP contribution in [0, 0.1) is 5.92 Å². The van der Waals surface area contributed by atoms with Crippen molar-refractivity contribution < 1.29 is 24.2 Å². The molecule has 1 aliphatic rings. The van der Waals surface area contributed by atoms with Crippen molar-refractivity contribution in [3.05, 3.63) is 24.3 Å². The quantitative estimate of drug-likeness (QED) is 0.853. The molecule has 1 saturated heterocycles. The minimum Gasteiger partial charge on any atom is -0.482 e. The van der Waals surface area contributed by atoms with E-state index in [1.165, 1.54) is 0 Å². The molecule has 2 N–H and O–H groups in total. The monoisotopic (exact) mass is 279 g/mol. The Morgan fingerprint density at radius 3 is 2.65 bits per heavy atom. The SMILES string of the molecule is CC1CCOC1C(=O)Nc1ccc(OCC(=O)O)cc1. The zero-order valence-electron chi connectivity index (χ0n) is 11.2. The van der Waals surface area contributed by atoms with Crippen LogP contribution < -0.4 is 10.1 Å². The molecule has 0 aromatic heterocycles. The van der Waals surface area contributed by atoms with E-state index in [0.717, 1.165) is 6.42 Å². The van der Waals surface area contributed by atoms with Crippen LogP contribution in [0.15, 0.2) is 24.3 Å². The number of carbonyl (C=O) groups is 2. The van der Waals surface area contributed by atoms with E-state index in [1.807, 2.05) is 6.92 Å². The summed E-state index contributed by atoms with van der Waals surface area (Å²) in [6, 6.07) is 6.54. The molecule has 0 radical (unpaired) electrons. The fourth-order valence-corrected chi connectivity index (χ4v) is 2.02. The van der Waals surface area contributed by atoms with Gasteiger partial charge in [-0.05, 0) is 36.6 Å². The van der Waals surface area contributed by atoms with E-state index in [2.05, 4.69) is 5.32 Å². The Labute approximate surface area is 116 Å². The molecule has 20 heavy (non-hydrogen) atoms. The van der Waals surface area contributed by atoms with Gasteiger partial charge in [0.1, 0.15) is 11.9 Å². The maximum Gasteiger partial charge on any atom is 0.341 e. The van der Waals surface area contributed by atoms with Crippen molar-refractivity contribution in [3.8, 4) is 5.75 Å². The lowest BCUT2D eigenvalue weighted by Gasteiger charge is -2.14. The van der Waals surface area contributed by atoms with Crippen LogP contribution in [0.4, 0.5) is 5.69 Å². The second-order valence-corrected chi connectivity index (χ2v) is 4.75. The third-order valence-electron chi connectivity index (χ3n) is 3.13. The minimum atomic E-state index is -1.03. The molecule has 0 saturated carbocycles. The first-order valence-electron chi connectivity index (χ1n) is 6.43. The van der Waals surface area contributed by atoms with Crippen molar-refractivity contribution in [1.29, 1.82) is 0 Å². The van der Waals surface area contributed by atoms with Gasteiger partial charge < -0.3 is 19.9 Å². The Hall–Kier alpha value is -2.08. The number of carbonyl (C=O) groups excluding carboxylic acids is 1. The molecule has 2 rings (SSSR count). The maximum absolute atomic E-state index is 12.0. The molecule has 1 aliphatic heterocycles. The first kappa shape index (κ1) is 14.3. The number of carboxylic acid groups (broad SMARTS) is 1. The predicted octanol–water partition coefficient (Wildman–Crippen LogP) is 1.51. The number of amides is 1. The summed E-state index contributed by atoms with van der Waals surface area (Å²) in [7, 11) is 0. The van der Waals surface area contributed by atoms with E-state index in [9.17, 15) is 9.59 Å². The van der Waals surface area contributed by atoms with Gasteiger partial charge in [-0.3, -0.25) is 4.79 Å². The van der Waals surface area contributed by atoms with Crippen molar-refractivity contribution in [2.45, 2.75) is 19.4 Å². The number of aliphatic carboxylic acids is 1. The molecule has 2 unspecified atom stereocenters. The molecular formula is C14H17NO5. The Kier molecular flexibility index (Phi) is 4.57.